The molecule has 0 unspecified atom stereocenters. The van der Waals surface area contributed by atoms with E-state index in [1.165, 1.54) is 6.42 Å². The molecular weight excluding hydrogens is 124 g/mol. The lowest BCUT2D eigenvalue weighted by atomic mass is 9.90. The van der Waals surface area contributed by atoms with Crippen LogP contribution in [-0.4, -0.2) is 12.6 Å². The van der Waals surface area contributed by atoms with Gasteiger partial charge in [-0.05, 0) is 30.7 Å². The van der Waals surface area contributed by atoms with Crippen molar-refractivity contribution in [2.75, 3.05) is 6.54 Å². The van der Waals surface area contributed by atoms with Gasteiger partial charge in [-0.2, -0.15) is 0 Å². The molecule has 2 heteroatoms. The highest BCUT2D eigenvalue weighted by atomic mass is 14.8. The van der Waals surface area contributed by atoms with Crippen molar-refractivity contribution in [2.45, 2.75) is 12.5 Å². The Balaban J connectivity index is 2.18. The van der Waals surface area contributed by atoms with Crippen molar-refractivity contribution in [2.24, 2.45) is 29.2 Å². The lowest BCUT2D eigenvalue weighted by Gasteiger charge is -2.22. The molecule has 0 radical (unpaired) electrons. The first-order chi connectivity index (χ1) is 4.83. The molecule has 0 aliphatic heterocycles. The Labute approximate surface area is 61.3 Å². The van der Waals surface area contributed by atoms with E-state index in [1.54, 1.807) is 0 Å². The second-order valence-electron chi connectivity index (χ2n) is 3.43. The number of hydrogen-bond acceptors (Lipinski definition) is 2. The van der Waals surface area contributed by atoms with E-state index in [0.29, 0.717) is 23.8 Å². The van der Waals surface area contributed by atoms with E-state index < -0.39 is 0 Å². The van der Waals surface area contributed by atoms with Crippen molar-refractivity contribution in [1.82, 2.24) is 0 Å². The Kier molecular flexibility index (Phi) is 1.32. The van der Waals surface area contributed by atoms with Gasteiger partial charge in [-0.15, -0.1) is 0 Å². The van der Waals surface area contributed by atoms with Crippen LogP contribution in [-0.2, 0) is 0 Å². The minimum atomic E-state index is 0.347. The Morgan fingerprint density at radius 3 is 2.40 bits per heavy atom. The highest BCUT2D eigenvalue weighted by molar-refractivity contribution is 5.15. The second-order valence-corrected chi connectivity index (χ2v) is 3.43. The smallest absolute Gasteiger partial charge is 0.0148 e. The normalized spacial score (nSPS) is 50.6. The minimum Gasteiger partial charge on any atom is -0.330 e. The van der Waals surface area contributed by atoms with Crippen LogP contribution in [0, 0.1) is 17.8 Å². The van der Waals surface area contributed by atoms with Crippen molar-refractivity contribution >= 4 is 0 Å². The first-order valence-electron chi connectivity index (χ1n) is 3.97. The zero-order valence-corrected chi connectivity index (χ0v) is 6.03. The third kappa shape index (κ3) is 0.662. The third-order valence-corrected chi connectivity index (χ3v) is 2.96. The molecule has 0 amide bonds. The fourth-order valence-corrected chi connectivity index (χ4v) is 2.29. The molecule has 1 fully saturated rings. The quantitative estimate of drug-likeness (QED) is 0.505. The van der Waals surface area contributed by atoms with Crippen molar-refractivity contribution < 1.29 is 0 Å². The lowest BCUT2D eigenvalue weighted by molar-refractivity contribution is 0.403. The number of rotatable bonds is 1. The fourth-order valence-electron chi connectivity index (χ4n) is 2.29. The molecule has 0 saturated heterocycles. The summed E-state index contributed by atoms with van der Waals surface area (Å²) >= 11 is 0. The van der Waals surface area contributed by atoms with Crippen molar-refractivity contribution in [3.05, 3.63) is 12.2 Å². The molecule has 10 heavy (non-hydrogen) atoms. The van der Waals surface area contributed by atoms with Crippen LogP contribution in [0.3, 0.4) is 0 Å². The Bertz CT molecular complexity index is 165. The van der Waals surface area contributed by atoms with Gasteiger partial charge in [-0.25, -0.2) is 0 Å². The van der Waals surface area contributed by atoms with Gasteiger partial charge in [0.25, 0.3) is 0 Å². The Morgan fingerprint density at radius 2 is 2.00 bits per heavy atom. The molecule has 0 aromatic carbocycles. The summed E-state index contributed by atoms with van der Waals surface area (Å²) in [6.45, 7) is 0.757. The van der Waals surface area contributed by atoms with E-state index in [2.05, 4.69) is 12.2 Å². The first kappa shape index (κ1) is 6.38. The molecule has 2 aliphatic rings. The molecule has 2 nitrogen and oxygen atoms in total. The topological polar surface area (TPSA) is 52.0 Å². The van der Waals surface area contributed by atoms with Crippen molar-refractivity contribution in [1.29, 1.82) is 0 Å². The second kappa shape index (κ2) is 2.07. The summed E-state index contributed by atoms with van der Waals surface area (Å²) in [5.41, 5.74) is 11.5. The zero-order valence-electron chi connectivity index (χ0n) is 6.03. The van der Waals surface area contributed by atoms with E-state index >= 15 is 0 Å². The summed E-state index contributed by atoms with van der Waals surface area (Å²) in [7, 11) is 0. The average molecular weight is 138 g/mol. The van der Waals surface area contributed by atoms with E-state index in [4.69, 9.17) is 11.5 Å². The molecule has 0 heterocycles. The number of hydrogen-bond donors (Lipinski definition) is 2. The lowest BCUT2D eigenvalue weighted by Crippen LogP contribution is -2.37. The van der Waals surface area contributed by atoms with E-state index in [-0.39, 0.29) is 0 Å². The molecule has 2 bridgehead atoms. The highest BCUT2D eigenvalue weighted by Crippen LogP contribution is 2.41. The molecule has 4 N–H and O–H groups in total. The van der Waals surface area contributed by atoms with Crippen LogP contribution in [0.25, 0.3) is 0 Å². The summed E-state index contributed by atoms with van der Waals surface area (Å²) in [6, 6.07) is 0.347. The van der Waals surface area contributed by atoms with Gasteiger partial charge in [0.15, 0.2) is 0 Å². The van der Waals surface area contributed by atoms with Crippen molar-refractivity contribution in [3.8, 4) is 0 Å². The van der Waals surface area contributed by atoms with Gasteiger partial charge >= 0.3 is 0 Å². The van der Waals surface area contributed by atoms with Crippen LogP contribution in [0.5, 0.6) is 0 Å². The molecule has 4 atom stereocenters. The maximum absolute atomic E-state index is 5.94. The molecule has 2 rings (SSSR count). The van der Waals surface area contributed by atoms with Crippen molar-refractivity contribution in [3.63, 3.8) is 0 Å². The van der Waals surface area contributed by atoms with E-state index in [9.17, 15) is 0 Å². The summed E-state index contributed by atoms with van der Waals surface area (Å²) < 4.78 is 0. The molecular formula is C8H14N2. The third-order valence-electron chi connectivity index (χ3n) is 2.96. The van der Waals surface area contributed by atoms with Gasteiger partial charge in [0, 0.05) is 6.04 Å². The summed E-state index contributed by atoms with van der Waals surface area (Å²) in [5.74, 6) is 1.90. The summed E-state index contributed by atoms with van der Waals surface area (Å²) in [4.78, 5) is 0. The minimum absolute atomic E-state index is 0.347. The van der Waals surface area contributed by atoms with Gasteiger partial charge in [-0.1, -0.05) is 12.2 Å². The number of allylic oxidation sites excluding steroid dienone is 1. The molecule has 0 aromatic heterocycles. The highest BCUT2D eigenvalue weighted by Gasteiger charge is 2.41. The predicted molar refractivity (Wildman–Crippen MR) is 41.3 cm³/mol. The molecule has 2 aliphatic carbocycles. The van der Waals surface area contributed by atoms with Crippen LogP contribution in [0.2, 0.25) is 0 Å². The van der Waals surface area contributed by atoms with Crippen LogP contribution < -0.4 is 11.5 Å². The summed E-state index contributed by atoms with van der Waals surface area (Å²) in [5, 5.41) is 0. The Morgan fingerprint density at radius 1 is 1.30 bits per heavy atom. The van der Waals surface area contributed by atoms with Crippen LogP contribution in [0.15, 0.2) is 12.2 Å². The molecule has 0 aromatic rings. The molecule has 56 valence electrons. The van der Waals surface area contributed by atoms with Crippen LogP contribution >= 0.6 is 0 Å². The van der Waals surface area contributed by atoms with Crippen LogP contribution in [0.1, 0.15) is 6.42 Å². The molecule has 1 saturated carbocycles. The molecule has 0 spiro atoms. The SMILES string of the molecule is NC[C@H]1[C@@H](N)[C@@H]2C=C[C@H]1C2. The van der Waals surface area contributed by atoms with Gasteiger partial charge < -0.3 is 11.5 Å². The largest absolute Gasteiger partial charge is 0.330 e. The van der Waals surface area contributed by atoms with Crippen LogP contribution in [0.4, 0.5) is 0 Å². The predicted octanol–water partition coefficient (Wildman–Crippen LogP) is 0.0945. The monoisotopic (exact) mass is 138 g/mol. The number of nitrogens with two attached hydrogens (primary N) is 2. The standard InChI is InChI=1S/C8H14N2/c9-4-7-5-1-2-6(3-5)8(7)10/h1-2,5-8H,3-4,9-10H2/t5-,6+,7+,8-/m0/s1. The van der Waals surface area contributed by atoms with Gasteiger partial charge in [0.2, 0.25) is 0 Å². The maximum atomic E-state index is 5.94. The van der Waals surface area contributed by atoms with Gasteiger partial charge in [0.05, 0.1) is 0 Å². The average Bonchev–Trinajstić information content (AvgIpc) is 2.46. The fraction of sp³-hybridized carbons (Fsp3) is 0.750. The number of fused-ring (bicyclic) bond motifs is 2. The first-order valence-corrected chi connectivity index (χ1v) is 3.97. The maximum Gasteiger partial charge on any atom is 0.0148 e. The van der Waals surface area contributed by atoms with E-state index in [1.807, 2.05) is 0 Å². The van der Waals surface area contributed by atoms with Gasteiger partial charge in [0.1, 0.15) is 0 Å². The zero-order chi connectivity index (χ0) is 7.14. The van der Waals surface area contributed by atoms with E-state index in [0.717, 1.165) is 6.54 Å². The summed E-state index contributed by atoms with van der Waals surface area (Å²) in [6.07, 6.45) is 5.79. The Hall–Kier alpha value is -0.340. The van der Waals surface area contributed by atoms with Gasteiger partial charge in [-0.3, -0.25) is 0 Å².